The van der Waals surface area contributed by atoms with Crippen LogP contribution in [0.1, 0.15) is 0 Å². The summed E-state index contributed by atoms with van der Waals surface area (Å²) in [4.78, 5) is 24.3. The summed E-state index contributed by atoms with van der Waals surface area (Å²) in [7, 11) is 0. The Morgan fingerprint density at radius 2 is 1.93 bits per heavy atom. The largest absolute Gasteiger partial charge is 0.355 e. The molecular weight excluding hydrogens is 386 g/mol. The Kier molecular flexibility index (Phi) is 4.53. The van der Waals surface area contributed by atoms with Gasteiger partial charge in [0.05, 0.1) is 16.5 Å². The van der Waals surface area contributed by atoms with Crippen molar-refractivity contribution in [3.05, 3.63) is 66.3 Å². The number of anilines is 2. The molecule has 4 aromatic rings. The van der Waals surface area contributed by atoms with Crippen molar-refractivity contribution in [2.24, 2.45) is 5.92 Å². The van der Waals surface area contributed by atoms with Crippen molar-refractivity contribution < 1.29 is 9.32 Å². The van der Waals surface area contributed by atoms with Crippen molar-refractivity contribution in [3.8, 4) is 21.8 Å². The van der Waals surface area contributed by atoms with Crippen molar-refractivity contribution >= 4 is 28.9 Å². The maximum absolute atomic E-state index is 12.5. The monoisotopic (exact) mass is 403 g/mol. The Balaban J connectivity index is 1.21. The van der Waals surface area contributed by atoms with Gasteiger partial charge in [-0.05, 0) is 11.4 Å². The minimum Gasteiger partial charge on any atom is -0.355 e. The van der Waals surface area contributed by atoms with E-state index in [2.05, 4.69) is 25.3 Å². The lowest BCUT2D eigenvalue weighted by atomic mass is 9.99. The molecule has 0 spiro atoms. The second-order valence-electron chi connectivity index (χ2n) is 6.77. The summed E-state index contributed by atoms with van der Waals surface area (Å²) in [5.74, 6) is 0.987. The molecule has 0 radical (unpaired) electrons. The second-order valence-corrected chi connectivity index (χ2v) is 7.72. The molecule has 5 rings (SSSR count). The fourth-order valence-corrected chi connectivity index (χ4v) is 3.89. The fourth-order valence-electron chi connectivity index (χ4n) is 3.22. The molecule has 1 aliphatic heterocycles. The van der Waals surface area contributed by atoms with Crippen LogP contribution in [0.25, 0.3) is 21.8 Å². The van der Waals surface area contributed by atoms with Crippen LogP contribution in [0.3, 0.4) is 0 Å². The SMILES string of the molecule is O=C(Nc1cc(-c2cccs2)no1)C1CN(c2cc(-c3ccccc3)ncn2)C1. The lowest BCUT2D eigenvalue weighted by molar-refractivity contribution is -0.120. The second kappa shape index (κ2) is 7.48. The third-order valence-electron chi connectivity index (χ3n) is 4.83. The average molecular weight is 403 g/mol. The predicted molar refractivity (Wildman–Crippen MR) is 112 cm³/mol. The molecule has 1 N–H and O–H groups in total. The molecular formula is C21H17N5O2S. The molecule has 0 unspecified atom stereocenters. The number of rotatable bonds is 5. The first-order valence-electron chi connectivity index (χ1n) is 9.20. The van der Waals surface area contributed by atoms with Crippen LogP contribution in [-0.4, -0.2) is 34.1 Å². The van der Waals surface area contributed by atoms with Gasteiger partial charge in [-0.2, -0.15) is 0 Å². The molecule has 0 atom stereocenters. The number of nitrogens with one attached hydrogen (secondary N) is 1. The third kappa shape index (κ3) is 3.62. The van der Waals surface area contributed by atoms with Gasteiger partial charge in [0.25, 0.3) is 0 Å². The smallest absolute Gasteiger partial charge is 0.233 e. The number of nitrogens with zero attached hydrogens (tertiary/aromatic N) is 4. The summed E-state index contributed by atoms with van der Waals surface area (Å²) in [6.45, 7) is 1.20. The van der Waals surface area contributed by atoms with Gasteiger partial charge >= 0.3 is 0 Å². The highest BCUT2D eigenvalue weighted by Gasteiger charge is 2.34. The maximum atomic E-state index is 12.5. The number of aromatic nitrogens is 3. The molecule has 3 aromatic heterocycles. The van der Waals surface area contributed by atoms with E-state index < -0.39 is 0 Å². The Morgan fingerprint density at radius 3 is 2.72 bits per heavy atom. The Labute approximate surface area is 171 Å². The lowest BCUT2D eigenvalue weighted by Crippen LogP contribution is -2.52. The summed E-state index contributed by atoms with van der Waals surface area (Å²) < 4.78 is 5.24. The maximum Gasteiger partial charge on any atom is 0.233 e. The molecule has 1 amide bonds. The highest BCUT2D eigenvalue weighted by Crippen LogP contribution is 2.28. The third-order valence-corrected chi connectivity index (χ3v) is 5.72. The number of thiophene rings is 1. The quantitative estimate of drug-likeness (QED) is 0.543. The first-order valence-corrected chi connectivity index (χ1v) is 10.1. The molecule has 1 fully saturated rings. The van der Waals surface area contributed by atoms with E-state index in [1.165, 1.54) is 0 Å². The van der Waals surface area contributed by atoms with E-state index in [4.69, 9.17) is 4.52 Å². The number of hydrogen-bond donors (Lipinski definition) is 1. The zero-order valence-corrected chi connectivity index (χ0v) is 16.2. The number of amides is 1. The van der Waals surface area contributed by atoms with Crippen molar-refractivity contribution in [3.63, 3.8) is 0 Å². The van der Waals surface area contributed by atoms with Crippen LogP contribution in [0.15, 0.2) is 70.8 Å². The zero-order valence-electron chi connectivity index (χ0n) is 15.4. The summed E-state index contributed by atoms with van der Waals surface area (Å²) in [5.41, 5.74) is 2.63. The number of carbonyl (C=O) groups is 1. The molecule has 1 aromatic carbocycles. The highest BCUT2D eigenvalue weighted by molar-refractivity contribution is 7.13. The standard InChI is InChI=1S/C21H17N5O2S/c27-21(24-20-10-17(25-28-20)18-7-4-8-29-18)15-11-26(12-15)19-9-16(22-13-23-19)14-5-2-1-3-6-14/h1-10,13,15H,11-12H2,(H,24,27). The van der Waals surface area contributed by atoms with E-state index >= 15 is 0 Å². The van der Waals surface area contributed by atoms with Crippen molar-refractivity contribution in [2.75, 3.05) is 23.3 Å². The van der Waals surface area contributed by atoms with Gasteiger partial charge in [0, 0.05) is 30.8 Å². The Morgan fingerprint density at radius 1 is 1.07 bits per heavy atom. The molecule has 1 aliphatic rings. The topological polar surface area (TPSA) is 84.2 Å². The lowest BCUT2D eigenvalue weighted by Gasteiger charge is -2.38. The first kappa shape index (κ1) is 17.6. The van der Waals surface area contributed by atoms with E-state index in [9.17, 15) is 4.79 Å². The normalized spacial score (nSPS) is 13.9. The minimum atomic E-state index is -0.125. The zero-order chi connectivity index (χ0) is 19.6. The van der Waals surface area contributed by atoms with Gasteiger partial charge in [-0.3, -0.25) is 10.1 Å². The minimum absolute atomic E-state index is 0.0764. The molecule has 0 bridgehead atoms. The van der Waals surface area contributed by atoms with Crippen LogP contribution in [0, 0.1) is 5.92 Å². The van der Waals surface area contributed by atoms with Crippen molar-refractivity contribution in [1.29, 1.82) is 0 Å². The van der Waals surface area contributed by atoms with Gasteiger partial charge in [-0.1, -0.05) is 41.6 Å². The van der Waals surface area contributed by atoms with Crippen LogP contribution in [-0.2, 0) is 4.79 Å². The van der Waals surface area contributed by atoms with Gasteiger partial charge < -0.3 is 9.42 Å². The van der Waals surface area contributed by atoms with Gasteiger partial charge in [0.2, 0.25) is 11.8 Å². The molecule has 144 valence electrons. The Bertz CT molecular complexity index is 1120. The first-order chi connectivity index (χ1) is 14.3. The van der Waals surface area contributed by atoms with Gasteiger partial charge in [-0.25, -0.2) is 9.97 Å². The average Bonchev–Trinajstić information content (AvgIpc) is 3.40. The number of carbonyl (C=O) groups excluding carboxylic acids is 1. The van der Waals surface area contributed by atoms with E-state index in [-0.39, 0.29) is 11.8 Å². The van der Waals surface area contributed by atoms with Crippen LogP contribution in [0.2, 0.25) is 0 Å². The van der Waals surface area contributed by atoms with Gasteiger partial charge in [0.1, 0.15) is 17.8 Å². The molecule has 1 saturated heterocycles. The molecule has 29 heavy (non-hydrogen) atoms. The highest BCUT2D eigenvalue weighted by atomic mass is 32.1. The summed E-state index contributed by atoms with van der Waals surface area (Å²) in [6.07, 6.45) is 1.56. The molecule has 0 aliphatic carbocycles. The van der Waals surface area contributed by atoms with Crippen molar-refractivity contribution in [2.45, 2.75) is 0 Å². The van der Waals surface area contributed by atoms with E-state index in [0.717, 1.165) is 27.6 Å². The number of benzene rings is 1. The molecule has 4 heterocycles. The molecule has 7 nitrogen and oxygen atoms in total. The van der Waals surface area contributed by atoms with Gasteiger partial charge in [0.15, 0.2) is 0 Å². The fraction of sp³-hybridized carbons (Fsp3) is 0.143. The van der Waals surface area contributed by atoms with Crippen molar-refractivity contribution in [1.82, 2.24) is 15.1 Å². The molecule has 0 saturated carbocycles. The predicted octanol–water partition coefficient (Wildman–Crippen LogP) is 3.94. The van der Waals surface area contributed by atoms with Crippen LogP contribution < -0.4 is 10.2 Å². The summed E-state index contributed by atoms with van der Waals surface area (Å²) in [5, 5.41) is 8.80. The van der Waals surface area contributed by atoms with Crippen LogP contribution >= 0.6 is 11.3 Å². The van der Waals surface area contributed by atoms with Gasteiger partial charge in [-0.15, -0.1) is 11.3 Å². The molecule has 8 heteroatoms. The Hall–Kier alpha value is -3.52. The van der Waals surface area contributed by atoms with Crippen LogP contribution in [0.5, 0.6) is 0 Å². The number of hydrogen-bond acceptors (Lipinski definition) is 7. The van der Waals surface area contributed by atoms with E-state index in [1.807, 2.05) is 53.9 Å². The van der Waals surface area contributed by atoms with E-state index in [0.29, 0.717) is 19.0 Å². The van der Waals surface area contributed by atoms with Crippen LogP contribution in [0.4, 0.5) is 11.7 Å². The van der Waals surface area contributed by atoms with E-state index in [1.54, 1.807) is 23.7 Å². The summed E-state index contributed by atoms with van der Waals surface area (Å²) >= 11 is 1.57. The summed E-state index contributed by atoms with van der Waals surface area (Å²) in [6, 6.07) is 17.6.